The van der Waals surface area contributed by atoms with E-state index in [0.717, 1.165) is 37.4 Å². The van der Waals surface area contributed by atoms with Gasteiger partial charge in [-0.05, 0) is 23.3 Å². The summed E-state index contributed by atoms with van der Waals surface area (Å²) in [5.74, 6) is 0.212. The summed E-state index contributed by atoms with van der Waals surface area (Å²) < 4.78 is 5.63. The van der Waals surface area contributed by atoms with Crippen LogP contribution in [0.25, 0.3) is 0 Å². The second-order valence-corrected chi connectivity index (χ2v) is 8.94. The first kappa shape index (κ1) is 18.3. The molecule has 0 bridgehead atoms. The Bertz CT molecular complexity index is 517. The number of hydrogen-bond acceptors (Lipinski definition) is 2. The van der Waals surface area contributed by atoms with Gasteiger partial charge < -0.3 is 4.74 Å². The zero-order chi connectivity index (χ0) is 17.4. The highest BCUT2D eigenvalue weighted by Gasteiger charge is 2.28. The van der Waals surface area contributed by atoms with Gasteiger partial charge in [-0.15, -0.1) is 0 Å². The number of hydrogen-bond donors (Lipinski definition) is 0. The Labute approximate surface area is 141 Å². The summed E-state index contributed by atoms with van der Waals surface area (Å²) in [5, 5.41) is 12.9. The molecule has 0 aromatic heterocycles. The molecular weight excluding hydrogens is 286 g/mol. The third-order valence-electron chi connectivity index (χ3n) is 4.50. The minimum Gasteiger partial charge on any atom is -0.376 e. The maximum Gasteiger partial charge on any atom is 0.186 e. The lowest BCUT2D eigenvalue weighted by molar-refractivity contribution is -0.0212. The van der Waals surface area contributed by atoms with Crippen LogP contribution < -0.4 is 0 Å². The minimum atomic E-state index is -0.134. The van der Waals surface area contributed by atoms with Gasteiger partial charge in [0.2, 0.25) is 0 Å². The number of nitrogens with zero attached hydrogens (tertiary/aromatic N) is 1. The van der Waals surface area contributed by atoms with Crippen molar-refractivity contribution in [3.05, 3.63) is 28.8 Å². The average Bonchev–Trinajstić information content (AvgIpc) is 2.38. The predicted molar refractivity (Wildman–Crippen MR) is 94.7 cm³/mol. The molecule has 1 unspecified atom stereocenters. The van der Waals surface area contributed by atoms with E-state index in [2.05, 4.69) is 65.5 Å². The highest BCUT2D eigenvalue weighted by atomic mass is 16.5. The number of morpholine rings is 1. The summed E-state index contributed by atoms with van der Waals surface area (Å²) in [7, 11) is 0. The molecule has 1 aromatic carbocycles. The van der Waals surface area contributed by atoms with Crippen LogP contribution in [0, 0.1) is 0 Å². The number of benzene rings is 1. The summed E-state index contributed by atoms with van der Waals surface area (Å²) >= 11 is 0. The summed E-state index contributed by atoms with van der Waals surface area (Å²) in [6.07, 6.45) is 0.284. The van der Waals surface area contributed by atoms with E-state index < -0.39 is 0 Å². The van der Waals surface area contributed by atoms with Crippen LogP contribution in [0.3, 0.4) is 0 Å². The molecule has 23 heavy (non-hydrogen) atoms. The lowest BCUT2D eigenvalue weighted by Gasteiger charge is -2.32. The van der Waals surface area contributed by atoms with Gasteiger partial charge in [0, 0.05) is 30.8 Å². The number of ether oxygens (including phenoxy) is 1. The topological polar surface area (TPSA) is 32.4 Å². The first-order valence-electron chi connectivity index (χ1n) is 8.67. The van der Waals surface area contributed by atoms with E-state index >= 15 is 0 Å². The van der Waals surface area contributed by atoms with Crippen LogP contribution >= 0.6 is 0 Å². The molecule has 1 aliphatic rings. The summed E-state index contributed by atoms with van der Waals surface area (Å²) in [6, 6.07) is 4.25. The predicted octanol–water partition coefficient (Wildman–Crippen LogP) is 4.65. The van der Waals surface area contributed by atoms with Crippen LogP contribution in [0.2, 0.25) is 0 Å². The molecule has 0 spiro atoms. The van der Waals surface area contributed by atoms with Gasteiger partial charge in [-0.1, -0.05) is 53.7 Å². The molecule has 129 valence electrons. The van der Waals surface area contributed by atoms with Gasteiger partial charge in [0.1, 0.15) is 0 Å². The van der Waals surface area contributed by atoms with Crippen LogP contribution in [0.15, 0.2) is 12.1 Å². The molecule has 1 radical (unpaired) electrons. The van der Waals surface area contributed by atoms with Crippen molar-refractivity contribution in [2.24, 2.45) is 0 Å². The largest absolute Gasteiger partial charge is 0.376 e. The lowest BCUT2D eigenvalue weighted by Crippen LogP contribution is -2.40. The normalized spacial score (nSPS) is 20.7. The van der Waals surface area contributed by atoms with Gasteiger partial charge >= 0.3 is 0 Å². The average molecular weight is 318 g/mol. The second-order valence-electron chi connectivity index (χ2n) is 8.94. The molecule has 2 rings (SSSR count). The zero-order valence-corrected chi connectivity index (χ0v) is 15.8. The maximum absolute atomic E-state index is 12.9. The van der Waals surface area contributed by atoms with Gasteiger partial charge in [-0.2, -0.15) is 0 Å². The Hall–Kier alpha value is -1.06. The molecule has 0 N–H and O–H groups in total. The van der Waals surface area contributed by atoms with Crippen molar-refractivity contribution in [2.45, 2.75) is 71.9 Å². The fourth-order valence-electron chi connectivity index (χ4n) is 3.19. The van der Waals surface area contributed by atoms with Crippen LogP contribution in [0.4, 0.5) is 0 Å². The summed E-state index contributed by atoms with van der Waals surface area (Å²) in [4.78, 5) is 2.42. The van der Waals surface area contributed by atoms with Crippen molar-refractivity contribution in [3.63, 3.8) is 0 Å². The van der Waals surface area contributed by atoms with Gasteiger partial charge in [-0.3, -0.25) is 10.0 Å². The van der Waals surface area contributed by atoms with Crippen molar-refractivity contribution in [1.29, 1.82) is 0 Å². The number of rotatable bonds is 2. The Morgan fingerprint density at radius 1 is 1.09 bits per heavy atom. The molecule has 0 amide bonds. The van der Waals surface area contributed by atoms with Crippen LogP contribution in [-0.4, -0.2) is 30.7 Å². The molecular formula is C20H32NO2. The molecule has 1 aliphatic heterocycles. The molecule has 3 heteroatoms. The Kier molecular flexibility index (Phi) is 5.12. The van der Waals surface area contributed by atoms with E-state index in [1.165, 1.54) is 5.56 Å². The monoisotopic (exact) mass is 318 g/mol. The zero-order valence-electron chi connectivity index (χ0n) is 15.8. The fraction of sp³-hybridized carbons (Fsp3) is 0.700. The molecule has 3 nitrogen and oxygen atoms in total. The molecule has 1 fully saturated rings. The molecule has 1 heterocycles. The van der Waals surface area contributed by atoms with Crippen molar-refractivity contribution in [2.75, 3.05) is 19.7 Å². The quantitative estimate of drug-likeness (QED) is 0.795. The van der Waals surface area contributed by atoms with E-state index in [9.17, 15) is 5.11 Å². The minimum absolute atomic E-state index is 0.134. The van der Waals surface area contributed by atoms with E-state index in [1.807, 2.05) is 0 Å². The van der Waals surface area contributed by atoms with Crippen LogP contribution in [0.1, 0.15) is 65.2 Å². The van der Waals surface area contributed by atoms with Gasteiger partial charge in [0.25, 0.3) is 0 Å². The molecule has 1 atom stereocenters. The Morgan fingerprint density at radius 3 is 2.04 bits per heavy atom. The van der Waals surface area contributed by atoms with Gasteiger partial charge in [-0.25, -0.2) is 0 Å². The van der Waals surface area contributed by atoms with Gasteiger partial charge in [0.05, 0.1) is 12.7 Å². The van der Waals surface area contributed by atoms with E-state index in [1.54, 1.807) is 0 Å². The first-order chi connectivity index (χ1) is 10.5. The van der Waals surface area contributed by atoms with E-state index in [0.29, 0.717) is 0 Å². The van der Waals surface area contributed by atoms with E-state index in [4.69, 9.17) is 4.74 Å². The third kappa shape index (κ3) is 4.48. The molecule has 0 saturated carbocycles. The molecule has 1 aromatic rings. The third-order valence-corrected chi connectivity index (χ3v) is 4.50. The summed E-state index contributed by atoms with van der Waals surface area (Å²) in [5.41, 5.74) is 2.84. The SMILES string of the molecule is CC1CN(Cc2cc(C(C)(C)C)c([O])c(C(C)(C)C)c2)CCO1. The smallest absolute Gasteiger partial charge is 0.186 e. The lowest BCUT2D eigenvalue weighted by atomic mass is 9.78. The summed E-state index contributed by atoms with van der Waals surface area (Å²) in [6.45, 7) is 18.4. The Morgan fingerprint density at radius 2 is 1.61 bits per heavy atom. The fourth-order valence-corrected chi connectivity index (χ4v) is 3.19. The molecule has 0 aliphatic carbocycles. The van der Waals surface area contributed by atoms with Crippen LogP contribution in [0.5, 0.6) is 5.75 Å². The van der Waals surface area contributed by atoms with E-state index in [-0.39, 0.29) is 22.7 Å². The second kappa shape index (κ2) is 6.45. The first-order valence-corrected chi connectivity index (χ1v) is 8.67. The van der Waals surface area contributed by atoms with Crippen molar-refractivity contribution in [3.8, 4) is 5.75 Å². The van der Waals surface area contributed by atoms with Gasteiger partial charge in [0.15, 0.2) is 5.75 Å². The molecule has 1 saturated heterocycles. The van der Waals surface area contributed by atoms with Crippen molar-refractivity contribution >= 4 is 0 Å². The highest BCUT2D eigenvalue weighted by Crippen LogP contribution is 2.40. The van der Waals surface area contributed by atoms with Crippen LogP contribution in [-0.2, 0) is 27.2 Å². The standard InChI is InChI=1S/C20H32NO2/c1-14-12-21(8-9-23-14)13-15-10-16(19(2,3)4)18(22)17(11-15)20(5,6)7/h10-11,14H,8-9,12-13H2,1-7H3. The maximum atomic E-state index is 12.9. The Balaban J connectivity index is 2.39. The highest BCUT2D eigenvalue weighted by molar-refractivity contribution is 5.49. The van der Waals surface area contributed by atoms with Crippen molar-refractivity contribution in [1.82, 2.24) is 4.90 Å². The van der Waals surface area contributed by atoms with Crippen molar-refractivity contribution < 1.29 is 9.84 Å².